The molecule has 0 radical (unpaired) electrons. The Morgan fingerprint density at radius 1 is 1.10 bits per heavy atom. The highest BCUT2D eigenvalue weighted by Crippen LogP contribution is 2.19. The average molecular weight is 283 g/mol. The average Bonchev–Trinajstić information content (AvgIpc) is 2.42. The van der Waals surface area contributed by atoms with Crippen LogP contribution in [0.1, 0.15) is 35.3 Å². The molecule has 0 spiro atoms. The van der Waals surface area contributed by atoms with E-state index in [0.717, 1.165) is 16.8 Å². The van der Waals surface area contributed by atoms with E-state index in [9.17, 15) is 4.79 Å². The number of hydrogen-bond acceptors (Lipinski definition) is 2. The van der Waals surface area contributed by atoms with Gasteiger partial charge in [0.05, 0.1) is 6.10 Å². The van der Waals surface area contributed by atoms with E-state index in [0.29, 0.717) is 11.3 Å². The van der Waals surface area contributed by atoms with Gasteiger partial charge in [0, 0.05) is 11.3 Å². The molecule has 3 heteroatoms. The standard InChI is InChI=1S/C18H21NO2/c1-12(2)21-16-7-5-6-15(11-16)18(20)19-17-10-13(3)8-9-14(17)4/h5-12H,1-4H3,(H,19,20). The molecule has 0 atom stereocenters. The Balaban J connectivity index is 2.18. The SMILES string of the molecule is Cc1ccc(C)c(NC(=O)c2cccc(OC(C)C)c2)c1. The molecule has 2 aromatic rings. The number of nitrogens with one attached hydrogen (secondary N) is 1. The van der Waals surface area contributed by atoms with Gasteiger partial charge in [0.2, 0.25) is 0 Å². The monoisotopic (exact) mass is 283 g/mol. The van der Waals surface area contributed by atoms with Crippen LogP contribution in [0, 0.1) is 13.8 Å². The largest absolute Gasteiger partial charge is 0.491 e. The molecular formula is C18H21NO2. The van der Waals surface area contributed by atoms with Crippen molar-refractivity contribution >= 4 is 11.6 Å². The molecule has 3 nitrogen and oxygen atoms in total. The molecule has 2 aromatic carbocycles. The Hall–Kier alpha value is -2.29. The molecule has 0 aromatic heterocycles. The van der Waals surface area contributed by atoms with Gasteiger partial charge in [-0.15, -0.1) is 0 Å². The van der Waals surface area contributed by atoms with E-state index in [1.807, 2.05) is 58.0 Å². The predicted octanol–water partition coefficient (Wildman–Crippen LogP) is 4.34. The summed E-state index contributed by atoms with van der Waals surface area (Å²) in [4.78, 5) is 12.3. The summed E-state index contributed by atoms with van der Waals surface area (Å²) in [5.74, 6) is 0.580. The molecule has 0 aliphatic heterocycles. The second-order valence-corrected chi connectivity index (χ2v) is 5.47. The minimum atomic E-state index is -0.127. The third kappa shape index (κ3) is 4.09. The molecule has 0 heterocycles. The Bertz CT molecular complexity index is 647. The summed E-state index contributed by atoms with van der Waals surface area (Å²) in [6, 6.07) is 13.2. The zero-order chi connectivity index (χ0) is 15.4. The van der Waals surface area contributed by atoms with Crippen molar-refractivity contribution in [2.45, 2.75) is 33.8 Å². The molecule has 0 fully saturated rings. The summed E-state index contributed by atoms with van der Waals surface area (Å²) in [5, 5.41) is 2.95. The zero-order valence-electron chi connectivity index (χ0n) is 12.9. The van der Waals surface area contributed by atoms with Crippen molar-refractivity contribution in [2.75, 3.05) is 5.32 Å². The zero-order valence-corrected chi connectivity index (χ0v) is 12.9. The number of anilines is 1. The molecule has 1 amide bonds. The van der Waals surface area contributed by atoms with Crippen LogP contribution in [0.4, 0.5) is 5.69 Å². The molecule has 2 rings (SSSR count). The van der Waals surface area contributed by atoms with Gasteiger partial charge in [0.1, 0.15) is 5.75 Å². The summed E-state index contributed by atoms with van der Waals surface area (Å²) in [5.41, 5.74) is 3.60. The summed E-state index contributed by atoms with van der Waals surface area (Å²) < 4.78 is 5.62. The van der Waals surface area contributed by atoms with Gasteiger partial charge in [-0.1, -0.05) is 18.2 Å². The molecule has 0 unspecified atom stereocenters. The molecule has 0 aliphatic rings. The van der Waals surface area contributed by atoms with E-state index >= 15 is 0 Å². The van der Waals surface area contributed by atoms with Gasteiger partial charge in [-0.3, -0.25) is 4.79 Å². The highest BCUT2D eigenvalue weighted by atomic mass is 16.5. The van der Waals surface area contributed by atoms with Crippen molar-refractivity contribution in [2.24, 2.45) is 0 Å². The van der Waals surface area contributed by atoms with Crippen LogP contribution in [0.2, 0.25) is 0 Å². The lowest BCUT2D eigenvalue weighted by Crippen LogP contribution is -2.13. The van der Waals surface area contributed by atoms with Crippen LogP contribution in [0.25, 0.3) is 0 Å². The maximum Gasteiger partial charge on any atom is 0.255 e. The molecular weight excluding hydrogens is 262 g/mol. The van der Waals surface area contributed by atoms with Crippen LogP contribution in [-0.4, -0.2) is 12.0 Å². The quantitative estimate of drug-likeness (QED) is 0.906. The highest BCUT2D eigenvalue weighted by molar-refractivity contribution is 6.04. The van der Waals surface area contributed by atoms with Crippen LogP contribution in [-0.2, 0) is 0 Å². The molecule has 1 N–H and O–H groups in total. The first kappa shape index (κ1) is 15.1. The van der Waals surface area contributed by atoms with E-state index in [1.54, 1.807) is 12.1 Å². The van der Waals surface area contributed by atoms with Crippen molar-refractivity contribution in [1.29, 1.82) is 0 Å². The fourth-order valence-corrected chi connectivity index (χ4v) is 2.05. The normalized spacial score (nSPS) is 10.5. The first-order valence-corrected chi connectivity index (χ1v) is 7.11. The lowest BCUT2D eigenvalue weighted by molar-refractivity contribution is 0.102. The number of carbonyl (C=O) groups is 1. The maximum atomic E-state index is 12.3. The van der Waals surface area contributed by atoms with Gasteiger partial charge >= 0.3 is 0 Å². The van der Waals surface area contributed by atoms with Crippen molar-refractivity contribution in [3.8, 4) is 5.75 Å². The van der Waals surface area contributed by atoms with Crippen molar-refractivity contribution in [1.82, 2.24) is 0 Å². The maximum absolute atomic E-state index is 12.3. The second kappa shape index (κ2) is 6.44. The third-order valence-electron chi connectivity index (χ3n) is 3.11. The summed E-state index contributed by atoms with van der Waals surface area (Å²) in [7, 11) is 0. The van der Waals surface area contributed by atoms with E-state index in [1.165, 1.54) is 0 Å². The van der Waals surface area contributed by atoms with Gasteiger partial charge in [0.25, 0.3) is 5.91 Å². The first-order valence-electron chi connectivity index (χ1n) is 7.11. The van der Waals surface area contributed by atoms with E-state index in [-0.39, 0.29) is 12.0 Å². The van der Waals surface area contributed by atoms with Crippen molar-refractivity contribution in [3.63, 3.8) is 0 Å². The van der Waals surface area contributed by atoms with Crippen LogP contribution in [0.5, 0.6) is 5.75 Å². The molecule has 0 saturated heterocycles. The lowest BCUT2D eigenvalue weighted by Gasteiger charge is -2.12. The molecule has 0 bridgehead atoms. The minimum absolute atomic E-state index is 0.0855. The Morgan fingerprint density at radius 2 is 1.86 bits per heavy atom. The van der Waals surface area contributed by atoms with Gasteiger partial charge in [-0.2, -0.15) is 0 Å². The van der Waals surface area contributed by atoms with Crippen LogP contribution in [0.15, 0.2) is 42.5 Å². The number of benzene rings is 2. The van der Waals surface area contributed by atoms with Crippen LogP contribution in [0.3, 0.4) is 0 Å². The molecule has 110 valence electrons. The fraction of sp³-hybridized carbons (Fsp3) is 0.278. The molecule has 0 aliphatic carbocycles. The van der Waals surface area contributed by atoms with Gasteiger partial charge in [0.15, 0.2) is 0 Å². The number of ether oxygens (including phenoxy) is 1. The van der Waals surface area contributed by atoms with Gasteiger partial charge in [-0.25, -0.2) is 0 Å². The van der Waals surface area contributed by atoms with Crippen molar-refractivity contribution < 1.29 is 9.53 Å². The Morgan fingerprint density at radius 3 is 2.57 bits per heavy atom. The van der Waals surface area contributed by atoms with Crippen molar-refractivity contribution in [3.05, 3.63) is 59.2 Å². The summed E-state index contributed by atoms with van der Waals surface area (Å²) in [6.45, 7) is 7.91. The number of rotatable bonds is 4. The predicted molar refractivity (Wildman–Crippen MR) is 86.1 cm³/mol. The van der Waals surface area contributed by atoms with E-state index < -0.39 is 0 Å². The molecule has 0 saturated carbocycles. The number of carbonyl (C=O) groups excluding carboxylic acids is 1. The molecule has 21 heavy (non-hydrogen) atoms. The van der Waals surface area contributed by atoms with Gasteiger partial charge in [-0.05, 0) is 63.1 Å². The second-order valence-electron chi connectivity index (χ2n) is 5.47. The fourth-order valence-electron chi connectivity index (χ4n) is 2.05. The van der Waals surface area contributed by atoms with Gasteiger partial charge < -0.3 is 10.1 Å². The Labute approximate surface area is 126 Å². The number of amides is 1. The van der Waals surface area contributed by atoms with E-state index in [2.05, 4.69) is 5.32 Å². The van der Waals surface area contributed by atoms with Crippen LogP contribution >= 0.6 is 0 Å². The number of hydrogen-bond donors (Lipinski definition) is 1. The Kier molecular flexibility index (Phi) is 4.63. The summed E-state index contributed by atoms with van der Waals surface area (Å²) in [6.07, 6.45) is 0.0855. The van der Waals surface area contributed by atoms with E-state index in [4.69, 9.17) is 4.74 Å². The summed E-state index contributed by atoms with van der Waals surface area (Å²) >= 11 is 0. The smallest absolute Gasteiger partial charge is 0.255 e. The highest BCUT2D eigenvalue weighted by Gasteiger charge is 2.09. The first-order chi connectivity index (χ1) is 9.95. The topological polar surface area (TPSA) is 38.3 Å². The number of aryl methyl sites for hydroxylation is 2. The van der Waals surface area contributed by atoms with Crippen LogP contribution < -0.4 is 10.1 Å². The third-order valence-corrected chi connectivity index (χ3v) is 3.11. The minimum Gasteiger partial charge on any atom is -0.491 e. The lowest BCUT2D eigenvalue weighted by atomic mass is 10.1.